The first-order valence-electron chi connectivity index (χ1n) is 7.04. The number of aliphatic hydroxyl groups excluding tert-OH is 1. The van der Waals surface area contributed by atoms with Crippen molar-refractivity contribution in [1.29, 1.82) is 0 Å². The number of rotatable bonds is 5. The Morgan fingerprint density at radius 1 is 1.30 bits per heavy atom. The van der Waals surface area contributed by atoms with Gasteiger partial charge in [0.15, 0.2) is 11.5 Å². The molecule has 2 N–H and O–H groups in total. The van der Waals surface area contributed by atoms with E-state index in [2.05, 4.69) is 12.2 Å². The SMILES string of the molecule is CC(CO)C(C)NCc1cc(Cl)c2c(c1)OCCCO2. The van der Waals surface area contributed by atoms with Crippen LogP contribution in [0.2, 0.25) is 5.02 Å². The highest BCUT2D eigenvalue weighted by molar-refractivity contribution is 6.32. The third kappa shape index (κ3) is 3.78. The van der Waals surface area contributed by atoms with Crippen LogP contribution in [0, 0.1) is 5.92 Å². The predicted molar refractivity (Wildman–Crippen MR) is 79.6 cm³/mol. The zero-order valence-corrected chi connectivity index (χ0v) is 12.7. The third-order valence-corrected chi connectivity index (χ3v) is 3.91. The minimum Gasteiger partial charge on any atom is -0.489 e. The second-order valence-corrected chi connectivity index (χ2v) is 5.69. The number of halogens is 1. The van der Waals surface area contributed by atoms with Gasteiger partial charge in [-0.3, -0.25) is 0 Å². The van der Waals surface area contributed by atoms with Gasteiger partial charge >= 0.3 is 0 Å². The maximum Gasteiger partial charge on any atom is 0.179 e. The van der Waals surface area contributed by atoms with Crippen LogP contribution in [0.1, 0.15) is 25.8 Å². The van der Waals surface area contributed by atoms with Crippen LogP contribution < -0.4 is 14.8 Å². The molecular weight excluding hydrogens is 278 g/mol. The first-order valence-corrected chi connectivity index (χ1v) is 7.42. The van der Waals surface area contributed by atoms with Crippen molar-refractivity contribution in [3.63, 3.8) is 0 Å². The maximum absolute atomic E-state index is 9.14. The van der Waals surface area contributed by atoms with Crippen molar-refractivity contribution >= 4 is 11.6 Å². The summed E-state index contributed by atoms with van der Waals surface area (Å²) in [6, 6.07) is 4.10. The lowest BCUT2D eigenvalue weighted by atomic mass is 10.0. The maximum atomic E-state index is 9.14. The Hall–Kier alpha value is -0.970. The Balaban J connectivity index is 2.06. The smallest absolute Gasteiger partial charge is 0.179 e. The molecule has 0 spiro atoms. The number of nitrogens with one attached hydrogen (secondary N) is 1. The molecule has 0 bridgehead atoms. The lowest BCUT2D eigenvalue weighted by Crippen LogP contribution is -2.33. The van der Waals surface area contributed by atoms with Crippen LogP contribution in [-0.4, -0.2) is 31.0 Å². The van der Waals surface area contributed by atoms with E-state index < -0.39 is 0 Å². The molecule has 5 heteroatoms. The summed E-state index contributed by atoms with van der Waals surface area (Å²) in [6.07, 6.45) is 0.865. The highest BCUT2D eigenvalue weighted by atomic mass is 35.5. The van der Waals surface area contributed by atoms with E-state index in [9.17, 15) is 0 Å². The zero-order chi connectivity index (χ0) is 14.5. The largest absolute Gasteiger partial charge is 0.489 e. The summed E-state index contributed by atoms with van der Waals surface area (Å²) in [6.45, 7) is 6.22. The van der Waals surface area contributed by atoms with Gasteiger partial charge in [-0.15, -0.1) is 0 Å². The molecule has 1 aliphatic rings. The fraction of sp³-hybridized carbons (Fsp3) is 0.600. The van der Waals surface area contributed by atoms with Gasteiger partial charge in [0.05, 0.1) is 18.2 Å². The standard InChI is InChI=1S/C15H22ClNO3/c1-10(9-18)11(2)17-8-12-6-13(16)15-14(7-12)19-4-3-5-20-15/h6-7,10-11,17-18H,3-5,8-9H2,1-2H3. The molecule has 1 aromatic carbocycles. The Morgan fingerprint density at radius 3 is 2.80 bits per heavy atom. The van der Waals surface area contributed by atoms with E-state index in [1.807, 2.05) is 19.1 Å². The summed E-state index contributed by atoms with van der Waals surface area (Å²) < 4.78 is 11.3. The number of hydrogen-bond acceptors (Lipinski definition) is 4. The highest BCUT2D eigenvalue weighted by Crippen LogP contribution is 2.37. The molecule has 4 nitrogen and oxygen atoms in total. The quantitative estimate of drug-likeness (QED) is 0.877. The van der Waals surface area contributed by atoms with E-state index in [-0.39, 0.29) is 18.6 Å². The molecule has 112 valence electrons. The van der Waals surface area contributed by atoms with Crippen molar-refractivity contribution in [3.8, 4) is 11.5 Å². The summed E-state index contributed by atoms with van der Waals surface area (Å²) >= 11 is 6.25. The van der Waals surface area contributed by atoms with Gasteiger partial charge in [-0.05, 0) is 30.5 Å². The first kappa shape index (κ1) is 15.4. The molecule has 2 atom stereocenters. The Morgan fingerprint density at radius 2 is 2.05 bits per heavy atom. The summed E-state index contributed by atoms with van der Waals surface area (Å²) in [5.41, 5.74) is 1.05. The lowest BCUT2D eigenvalue weighted by Gasteiger charge is -2.20. The van der Waals surface area contributed by atoms with Gasteiger partial charge in [-0.2, -0.15) is 0 Å². The van der Waals surface area contributed by atoms with Crippen molar-refractivity contribution in [2.45, 2.75) is 32.9 Å². The van der Waals surface area contributed by atoms with Gasteiger partial charge in [-0.1, -0.05) is 18.5 Å². The molecule has 2 unspecified atom stereocenters. The van der Waals surface area contributed by atoms with Crippen LogP contribution in [-0.2, 0) is 6.54 Å². The van der Waals surface area contributed by atoms with Crippen LogP contribution in [0.5, 0.6) is 11.5 Å². The van der Waals surface area contributed by atoms with Crippen molar-refractivity contribution in [2.75, 3.05) is 19.8 Å². The van der Waals surface area contributed by atoms with Crippen LogP contribution in [0.4, 0.5) is 0 Å². The Kier molecular flexibility index (Phi) is 5.52. The van der Waals surface area contributed by atoms with E-state index in [4.69, 9.17) is 26.2 Å². The molecule has 0 fully saturated rings. The van der Waals surface area contributed by atoms with Gasteiger partial charge in [-0.25, -0.2) is 0 Å². The second kappa shape index (κ2) is 7.16. The molecule has 1 aliphatic heterocycles. The van der Waals surface area contributed by atoms with Crippen molar-refractivity contribution in [1.82, 2.24) is 5.32 Å². The molecule has 0 saturated carbocycles. The van der Waals surface area contributed by atoms with Crippen molar-refractivity contribution in [2.24, 2.45) is 5.92 Å². The number of aliphatic hydroxyl groups is 1. The lowest BCUT2D eigenvalue weighted by molar-refractivity contribution is 0.207. The van der Waals surface area contributed by atoms with Crippen molar-refractivity contribution < 1.29 is 14.6 Å². The molecule has 0 aromatic heterocycles. The summed E-state index contributed by atoms with van der Waals surface area (Å²) in [5.74, 6) is 1.57. The minimum absolute atomic E-state index is 0.177. The average Bonchev–Trinajstić information content (AvgIpc) is 2.69. The fourth-order valence-corrected chi connectivity index (χ4v) is 2.31. The molecular formula is C15H22ClNO3. The molecule has 0 aliphatic carbocycles. The van der Waals surface area contributed by atoms with E-state index in [1.54, 1.807) is 0 Å². The highest BCUT2D eigenvalue weighted by Gasteiger charge is 2.16. The van der Waals surface area contributed by atoms with Gasteiger partial charge in [0.2, 0.25) is 0 Å². The zero-order valence-electron chi connectivity index (χ0n) is 12.0. The van der Waals surface area contributed by atoms with Crippen molar-refractivity contribution in [3.05, 3.63) is 22.7 Å². The molecule has 1 heterocycles. The average molecular weight is 300 g/mol. The molecule has 0 saturated heterocycles. The monoisotopic (exact) mass is 299 g/mol. The summed E-state index contributed by atoms with van der Waals surface area (Å²) in [7, 11) is 0. The van der Waals surface area contributed by atoms with Gasteiger partial charge in [0, 0.05) is 25.6 Å². The molecule has 1 aromatic rings. The molecule has 20 heavy (non-hydrogen) atoms. The van der Waals surface area contributed by atoms with Gasteiger partial charge in [0.1, 0.15) is 0 Å². The van der Waals surface area contributed by atoms with Crippen LogP contribution in [0.3, 0.4) is 0 Å². The molecule has 0 radical (unpaired) electrons. The van der Waals surface area contributed by atoms with Crippen LogP contribution in [0.15, 0.2) is 12.1 Å². The van der Waals surface area contributed by atoms with Gasteiger partial charge < -0.3 is 19.9 Å². The van der Waals surface area contributed by atoms with E-state index in [0.717, 1.165) is 17.7 Å². The number of benzene rings is 1. The second-order valence-electron chi connectivity index (χ2n) is 5.28. The normalized spacial score (nSPS) is 17.4. The third-order valence-electron chi connectivity index (χ3n) is 3.63. The summed E-state index contributed by atoms with van der Waals surface area (Å²) in [5, 5.41) is 13.1. The van der Waals surface area contributed by atoms with E-state index in [1.165, 1.54) is 0 Å². The molecule has 2 rings (SSSR count). The Labute approximate surface area is 125 Å². The number of fused-ring (bicyclic) bond motifs is 1. The minimum atomic E-state index is 0.177. The fourth-order valence-electron chi connectivity index (χ4n) is 2.02. The Bertz CT molecular complexity index is 453. The van der Waals surface area contributed by atoms with E-state index in [0.29, 0.717) is 30.5 Å². The predicted octanol–water partition coefficient (Wildman–Crippen LogP) is 2.61. The number of hydrogen-bond donors (Lipinski definition) is 2. The topological polar surface area (TPSA) is 50.7 Å². The first-order chi connectivity index (χ1) is 9.61. The van der Waals surface area contributed by atoms with E-state index >= 15 is 0 Å². The van der Waals surface area contributed by atoms with Crippen LogP contribution >= 0.6 is 11.6 Å². The van der Waals surface area contributed by atoms with Crippen LogP contribution in [0.25, 0.3) is 0 Å². The molecule has 0 amide bonds. The summed E-state index contributed by atoms with van der Waals surface area (Å²) in [4.78, 5) is 0. The van der Waals surface area contributed by atoms with Gasteiger partial charge in [0.25, 0.3) is 0 Å². The number of ether oxygens (including phenoxy) is 2.